The Hall–Kier alpha value is -0.860. The zero-order chi connectivity index (χ0) is 8.27. The van der Waals surface area contributed by atoms with Crippen LogP contribution in [0.3, 0.4) is 0 Å². The zero-order valence-corrected chi connectivity index (χ0v) is 6.67. The molecule has 1 amide bonds. The lowest BCUT2D eigenvalue weighted by Crippen LogP contribution is -2.42. The number of rotatable bonds is 2. The van der Waals surface area contributed by atoms with Gasteiger partial charge in [0, 0.05) is 13.0 Å². The van der Waals surface area contributed by atoms with Crippen molar-refractivity contribution in [2.45, 2.75) is 32.2 Å². The number of amides is 1. The average Bonchev–Trinajstić information content (AvgIpc) is 2.04. The summed E-state index contributed by atoms with van der Waals surface area (Å²) in [5.74, 6) is 0.0899. The molecule has 3 heteroatoms. The average molecular weight is 154 g/mol. The van der Waals surface area contributed by atoms with Crippen molar-refractivity contribution in [2.75, 3.05) is 6.54 Å². The molecule has 1 rings (SSSR count). The molecular formula is C8H12NO2. The van der Waals surface area contributed by atoms with Crippen LogP contribution in [0.4, 0.5) is 0 Å². The van der Waals surface area contributed by atoms with E-state index >= 15 is 0 Å². The molecule has 11 heavy (non-hydrogen) atoms. The van der Waals surface area contributed by atoms with E-state index in [2.05, 4.69) is 0 Å². The molecule has 1 unspecified atom stereocenters. The van der Waals surface area contributed by atoms with Crippen LogP contribution >= 0.6 is 0 Å². The minimum Gasteiger partial charge on any atom is -0.332 e. The lowest BCUT2D eigenvalue weighted by atomic mass is 10.1. The highest BCUT2D eigenvalue weighted by Crippen LogP contribution is 2.12. The molecule has 0 saturated carbocycles. The largest absolute Gasteiger partial charge is 0.332 e. The normalized spacial score (nSPS) is 21.5. The third kappa shape index (κ3) is 1.79. The van der Waals surface area contributed by atoms with Crippen LogP contribution in [0.1, 0.15) is 26.2 Å². The van der Waals surface area contributed by atoms with E-state index in [1.165, 1.54) is 0 Å². The second kappa shape index (κ2) is 3.51. The van der Waals surface area contributed by atoms with Crippen molar-refractivity contribution >= 4 is 12.2 Å². The molecule has 1 aliphatic rings. The molecule has 1 saturated heterocycles. The van der Waals surface area contributed by atoms with E-state index < -0.39 is 0 Å². The summed E-state index contributed by atoms with van der Waals surface area (Å²) in [5, 5.41) is 0. The van der Waals surface area contributed by atoms with Crippen molar-refractivity contribution < 1.29 is 9.59 Å². The van der Waals surface area contributed by atoms with Gasteiger partial charge in [-0.1, -0.05) is 0 Å². The number of piperidine rings is 1. The van der Waals surface area contributed by atoms with Gasteiger partial charge >= 0.3 is 0 Å². The first kappa shape index (κ1) is 8.24. The Kier molecular flexibility index (Phi) is 2.63. The van der Waals surface area contributed by atoms with Crippen LogP contribution in [-0.2, 0) is 9.59 Å². The van der Waals surface area contributed by atoms with Gasteiger partial charge in [0.25, 0.3) is 0 Å². The number of nitrogens with zero attached hydrogens (tertiary/aromatic N) is 1. The Labute approximate surface area is 66.4 Å². The summed E-state index contributed by atoms with van der Waals surface area (Å²) in [6.45, 7) is 2.42. The summed E-state index contributed by atoms with van der Waals surface area (Å²) in [7, 11) is 0. The molecule has 0 aromatic heterocycles. The van der Waals surface area contributed by atoms with E-state index in [4.69, 9.17) is 0 Å². The van der Waals surface area contributed by atoms with E-state index in [1.807, 2.05) is 6.29 Å². The topological polar surface area (TPSA) is 37.4 Å². The molecule has 1 radical (unpaired) electrons. The molecule has 61 valence electrons. The van der Waals surface area contributed by atoms with Crippen LogP contribution in [0.5, 0.6) is 0 Å². The Morgan fingerprint density at radius 3 is 2.82 bits per heavy atom. The van der Waals surface area contributed by atoms with Crippen molar-refractivity contribution in [1.29, 1.82) is 0 Å². The van der Waals surface area contributed by atoms with Gasteiger partial charge in [-0.2, -0.15) is 0 Å². The molecule has 1 aliphatic heterocycles. The van der Waals surface area contributed by atoms with Crippen molar-refractivity contribution in [3.05, 3.63) is 0 Å². The summed E-state index contributed by atoms with van der Waals surface area (Å²) in [6.07, 6.45) is 4.38. The Bertz CT molecular complexity index is 167. The van der Waals surface area contributed by atoms with Gasteiger partial charge in [0.15, 0.2) is 0 Å². The summed E-state index contributed by atoms with van der Waals surface area (Å²) in [6, 6.07) is -0.359. The minimum absolute atomic E-state index is 0.0899. The van der Waals surface area contributed by atoms with E-state index in [0.717, 1.165) is 19.4 Å². The third-order valence-corrected chi connectivity index (χ3v) is 2.00. The standard InChI is InChI=1S/C8H12NO2/c1-7(6-10)9-5-3-2-4-8(9)11/h7H,2-5H2,1H3. The second-order valence-electron chi connectivity index (χ2n) is 2.84. The summed E-state index contributed by atoms with van der Waals surface area (Å²) < 4.78 is 0. The van der Waals surface area contributed by atoms with Crippen molar-refractivity contribution in [3.8, 4) is 0 Å². The van der Waals surface area contributed by atoms with Gasteiger partial charge in [0.05, 0.1) is 6.04 Å². The molecular weight excluding hydrogens is 142 g/mol. The number of carbonyl (C=O) groups is 1. The van der Waals surface area contributed by atoms with Gasteiger partial charge in [0.1, 0.15) is 0 Å². The molecule has 0 N–H and O–H groups in total. The maximum atomic E-state index is 11.1. The first-order chi connectivity index (χ1) is 5.25. The van der Waals surface area contributed by atoms with E-state index in [9.17, 15) is 9.59 Å². The summed E-state index contributed by atoms with van der Waals surface area (Å²) in [5.41, 5.74) is 0. The molecule has 3 nitrogen and oxygen atoms in total. The van der Waals surface area contributed by atoms with Crippen LogP contribution in [0.2, 0.25) is 0 Å². The maximum absolute atomic E-state index is 11.1. The van der Waals surface area contributed by atoms with E-state index in [0.29, 0.717) is 6.42 Å². The van der Waals surface area contributed by atoms with Gasteiger partial charge < -0.3 is 4.90 Å². The lowest BCUT2D eigenvalue weighted by Gasteiger charge is -2.28. The molecule has 0 aromatic rings. The second-order valence-corrected chi connectivity index (χ2v) is 2.84. The summed E-state index contributed by atoms with van der Waals surface area (Å²) >= 11 is 0. The fourth-order valence-electron chi connectivity index (χ4n) is 1.30. The Balaban J connectivity index is 2.53. The van der Waals surface area contributed by atoms with E-state index in [1.54, 1.807) is 11.8 Å². The highest BCUT2D eigenvalue weighted by atomic mass is 16.2. The lowest BCUT2D eigenvalue weighted by molar-refractivity contribution is -0.134. The Morgan fingerprint density at radius 1 is 1.55 bits per heavy atom. The predicted octanol–water partition coefficient (Wildman–Crippen LogP) is 0.497. The molecule has 1 fully saturated rings. The van der Waals surface area contributed by atoms with Crippen molar-refractivity contribution in [1.82, 2.24) is 4.90 Å². The van der Waals surface area contributed by atoms with Crippen LogP contribution in [0, 0.1) is 0 Å². The van der Waals surface area contributed by atoms with Crippen molar-refractivity contribution in [3.63, 3.8) is 0 Å². The highest BCUT2D eigenvalue weighted by Gasteiger charge is 2.22. The monoisotopic (exact) mass is 154 g/mol. The smallest absolute Gasteiger partial charge is 0.223 e. The fraction of sp³-hybridized carbons (Fsp3) is 0.750. The minimum atomic E-state index is -0.359. The fourth-order valence-corrected chi connectivity index (χ4v) is 1.30. The van der Waals surface area contributed by atoms with Gasteiger partial charge in [-0.15, -0.1) is 0 Å². The first-order valence-corrected chi connectivity index (χ1v) is 3.93. The van der Waals surface area contributed by atoms with Crippen LogP contribution < -0.4 is 0 Å². The zero-order valence-electron chi connectivity index (χ0n) is 6.67. The molecule has 1 heterocycles. The van der Waals surface area contributed by atoms with E-state index in [-0.39, 0.29) is 11.9 Å². The van der Waals surface area contributed by atoms with Crippen molar-refractivity contribution in [2.24, 2.45) is 0 Å². The molecule has 1 atom stereocenters. The third-order valence-electron chi connectivity index (χ3n) is 2.00. The summed E-state index contributed by atoms with van der Waals surface area (Å²) in [4.78, 5) is 23.0. The number of likely N-dealkylation sites (tertiary alicyclic amines) is 1. The Morgan fingerprint density at radius 2 is 2.27 bits per heavy atom. The molecule has 0 bridgehead atoms. The van der Waals surface area contributed by atoms with Crippen LogP contribution in [-0.4, -0.2) is 29.7 Å². The van der Waals surface area contributed by atoms with Gasteiger partial charge in [-0.3, -0.25) is 9.59 Å². The predicted molar refractivity (Wildman–Crippen MR) is 40.7 cm³/mol. The maximum Gasteiger partial charge on any atom is 0.223 e. The number of hydrogen-bond donors (Lipinski definition) is 0. The van der Waals surface area contributed by atoms with Gasteiger partial charge in [-0.05, 0) is 19.8 Å². The molecule has 0 spiro atoms. The first-order valence-electron chi connectivity index (χ1n) is 3.93. The molecule has 0 aliphatic carbocycles. The highest BCUT2D eigenvalue weighted by molar-refractivity contribution is 5.80. The SMILES string of the molecule is CC([C]=O)N1CCCCC1=O. The quantitative estimate of drug-likeness (QED) is 0.580. The van der Waals surface area contributed by atoms with Gasteiger partial charge in [-0.25, -0.2) is 0 Å². The van der Waals surface area contributed by atoms with Crippen LogP contribution in [0.15, 0.2) is 0 Å². The number of hydrogen-bond acceptors (Lipinski definition) is 2. The van der Waals surface area contributed by atoms with Gasteiger partial charge in [0.2, 0.25) is 12.2 Å². The molecule has 0 aromatic carbocycles. The van der Waals surface area contributed by atoms with Crippen LogP contribution in [0.25, 0.3) is 0 Å². The number of carbonyl (C=O) groups excluding carboxylic acids is 2.